The van der Waals surface area contributed by atoms with Crippen molar-refractivity contribution in [2.45, 2.75) is 91.9 Å². The van der Waals surface area contributed by atoms with Crippen molar-refractivity contribution in [2.24, 2.45) is 0 Å². The van der Waals surface area contributed by atoms with Gasteiger partial charge >= 0.3 is 0 Å². The zero-order valence-electron chi connectivity index (χ0n) is 39.9. The first-order chi connectivity index (χ1) is 31.7. The molecule has 6 aromatic carbocycles. The SMILES string of the molecule is C#C.C/C(=C/C=C(\C)c1ccc(N(C2=CCC(c3ccccc3)C=C2)c2ccc(C3C=C4C(=CC3)c3ccccc3C4(C)C)cc2)cc1)Cc1ccccc1C.CC.Cc1ccccc1. The van der Waals surface area contributed by atoms with E-state index in [1.807, 2.05) is 32.0 Å². The van der Waals surface area contributed by atoms with Crippen LogP contribution in [-0.2, 0) is 11.8 Å². The number of fused-ring (bicyclic) bond motifs is 3. The lowest BCUT2D eigenvalue weighted by Gasteiger charge is -2.30. The molecule has 2 atom stereocenters. The quantitative estimate of drug-likeness (QED) is 0.103. The Morgan fingerprint density at radius 3 is 1.82 bits per heavy atom. The molecule has 1 heteroatoms. The average molecular weight is 850 g/mol. The molecule has 9 rings (SSSR count). The molecule has 2 unspecified atom stereocenters. The minimum Gasteiger partial charge on any atom is -0.311 e. The second-order valence-electron chi connectivity index (χ2n) is 17.5. The van der Waals surface area contributed by atoms with Crippen LogP contribution in [0.5, 0.6) is 0 Å². The summed E-state index contributed by atoms with van der Waals surface area (Å²) < 4.78 is 0. The van der Waals surface area contributed by atoms with Crippen LogP contribution in [0.25, 0.3) is 11.1 Å². The lowest BCUT2D eigenvalue weighted by atomic mass is 9.77. The molecule has 0 fully saturated rings. The van der Waals surface area contributed by atoms with Gasteiger partial charge in [0.15, 0.2) is 0 Å². The van der Waals surface area contributed by atoms with Gasteiger partial charge in [-0.3, -0.25) is 0 Å². The molecule has 0 amide bonds. The van der Waals surface area contributed by atoms with Crippen LogP contribution in [0.4, 0.5) is 11.4 Å². The number of allylic oxidation sites excluding steroid dienone is 11. The number of benzene rings is 6. The predicted octanol–water partition coefficient (Wildman–Crippen LogP) is 17.4. The summed E-state index contributed by atoms with van der Waals surface area (Å²) in [7, 11) is 0. The third-order valence-electron chi connectivity index (χ3n) is 12.8. The molecule has 3 aliphatic rings. The molecule has 0 bridgehead atoms. The van der Waals surface area contributed by atoms with Gasteiger partial charge in [-0.1, -0.05) is 209 Å². The van der Waals surface area contributed by atoms with E-state index in [0.29, 0.717) is 11.8 Å². The Labute approximate surface area is 392 Å². The fraction of sp³-hybridized carbons (Fsp3) is 0.219. The maximum Gasteiger partial charge on any atom is 0.0461 e. The zero-order valence-corrected chi connectivity index (χ0v) is 39.9. The van der Waals surface area contributed by atoms with Crippen LogP contribution in [0.2, 0.25) is 0 Å². The Morgan fingerprint density at radius 2 is 1.20 bits per heavy atom. The monoisotopic (exact) mass is 850 g/mol. The summed E-state index contributed by atoms with van der Waals surface area (Å²) in [5, 5.41) is 0. The molecular weight excluding hydrogens is 783 g/mol. The fourth-order valence-corrected chi connectivity index (χ4v) is 9.13. The van der Waals surface area contributed by atoms with Crippen LogP contribution >= 0.6 is 0 Å². The molecule has 65 heavy (non-hydrogen) atoms. The number of aryl methyl sites for hydroxylation is 2. The van der Waals surface area contributed by atoms with Gasteiger partial charge in [0.1, 0.15) is 0 Å². The smallest absolute Gasteiger partial charge is 0.0461 e. The molecule has 6 aromatic rings. The van der Waals surface area contributed by atoms with E-state index in [9.17, 15) is 0 Å². The Hall–Kier alpha value is -6.88. The van der Waals surface area contributed by atoms with E-state index in [4.69, 9.17) is 0 Å². The molecule has 1 nitrogen and oxygen atoms in total. The van der Waals surface area contributed by atoms with Gasteiger partial charge in [-0.25, -0.2) is 0 Å². The second-order valence-corrected chi connectivity index (χ2v) is 17.5. The van der Waals surface area contributed by atoms with Crippen LogP contribution < -0.4 is 4.90 Å². The van der Waals surface area contributed by atoms with Gasteiger partial charge < -0.3 is 4.90 Å². The minimum absolute atomic E-state index is 0.0192. The van der Waals surface area contributed by atoms with Crippen molar-refractivity contribution in [3.05, 3.63) is 262 Å². The molecule has 0 saturated heterocycles. The normalized spacial score (nSPS) is 16.9. The molecule has 0 aromatic heterocycles. The van der Waals surface area contributed by atoms with Gasteiger partial charge in [-0.05, 0) is 133 Å². The maximum absolute atomic E-state index is 4.00. The maximum atomic E-state index is 4.00. The number of anilines is 2. The van der Waals surface area contributed by atoms with Gasteiger partial charge in [-0.15, -0.1) is 12.8 Å². The fourth-order valence-electron chi connectivity index (χ4n) is 9.13. The molecule has 328 valence electrons. The molecule has 0 heterocycles. The number of terminal acetylenes is 1. The van der Waals surface area contributed by atoms with E-state index in [0.717, 1.165) is 24.9 Å². The van der Waals surface area contributed by atoms with Crippen LogP contribution in [0.1, 0.15) is 111 Å². The van der Waals surface area contributed by atoms with Crippen LogP contribution in [0.15, 0.2) is 217 Å². The molecule has 0 radical (unpaired) electrons. The largest absolute Gasteiger partial charge is 0.311 e. The first-order valence-corrected chi connectivity index (χ1v) is 23.4. The highest BCUT2D eigenvalue weighted by atomic mass is 15.1. The van der Waals surface area contributed by atoms with E-state index < -0.39 is 0 Å². The van der Waals surface area contributed by atoms with Crippen molar-refractivity contribution >= 4 is 22.5 Å². The van der Waals surface area contributed by atoms with Gasteiger partial charge in [-0.2, -0.15) is 0 Å². The zero-order chi connectivity index (χ0) is 46.3. The van der Waals surface area contributed by atoms with Gasteiger partial charge in [0.05, 0.1) is 0 Å². The predicted molar refractivity (Wildman–Crippen MR) is 284 cm³/mol. The highest BCUT2D eigenvalue weighted by Gasteiger charge is 2.39. The number of hydrogen-bond acceptors (Lipinski definition) is 1. The lowest BCUT2D eigenvalue weighted by molar-refractivity contribution is 0.648. The summed E-state index contributed by atoms with van der Waals surface area (Å²) in [4.78, 5) is 2.42. The number of nitrogens with zero attached hydrogens (tertiary/aromatic N) is 1. The van der Waals surface area contributed by atoms with E-state index in [1.54, 1.807) is 0 Å². The first kappa shape index (κ1) is 47.6. The summed E-state index contributed by atoms with van der Waals surface area (Å²) in [6, 6.07) is 57.2. The summed E-state index contributed by atoms with van der Waals surface area (Å²) in [6.07, 6.45) is 27.6. The van der Waals surface area contributed by atoms with Crippen molar-refractivity contribution in [1.82, 2.24) is 0 Å². The summed E-state index contributed by atoms with van der Waals surface area (Å²) in [5.41, 5.74) is 20.0. The lowest BCUT2D eigenvalue weighted by Crippen LogP contribution is -2.18. The minimum atomic E-state index is 0.0192. The second kappa shape index (κ2) is 22.7. The van der Waals surface area contributed by atoms with E-state index in [2.05, 4.69) is 241 Å². The van der Waals surface area contributed by atoms with Crippen molar-refractivity contribution < 1.29 is 0 Å². The molecule has 3 aliphatic carbocycles. The number of rotatable bonds is 9. The van der Waals surface area contributed by atoms with Crippen molar-refractivity contribution in [1.29, 1.82) is 0 Å². The molecule has 0 spiro atoms. The van der Waals surface area contributed by atoms with Crippen LogP contribution in [-0.4, -0.2) is 0 Å². The summed E-state index contributed by atoms with van der Waals surface area (Å²) >= 11 is 0. The third kappa shape index (κ3) is 11.4. The molecular formula is C64H67N. The Bertz CT molecular complexity index is 2690. The first-order valence-electron chi connectivity index (χ1n) is 23.4. The van der Waals surface area contributed by atoms with E-state index >= 15 is 0 Å². The highest BCUT2D eigenvalue weighted by Crippen LogP contribution is 2.53. The molecule has 0 saturated carbocycles. The van der Waals surface area contributed by atoms with Gasteiger partial charge in [0.2, 0.25) is 0 Å². The highest BCUT2D eigenvalue weighted by molar-refractivity contribution is 5.90. The summed E-state index contributed by atoms with van der Waals surface area (Å²) in [6.45, 7) is 17.5. The Morgan fingerprint density at radius 1 is 0.631 bits per heavy atom. The average Bonchev–Trinajstić information content (AvgIpc) is 3.59. The van der Waals surface area contributed by atoms with Crippen molar-refractivity contribution in [2.75, 3.05) is 4.90 Å². The van der Waals surface area contributed by atoms with Gasteiger partial charge in [0, 0.05) is 34.3 Å². The summed E-state index contributed by atoms with van der Waals surface area (Å²) in [5.74, 6) is 0.753. The van der Waals surface area contributed by atoms with Crippen LogP contribution in [0, 0.1) is 26.7 Å². The third-order valence-corrected chi connectivity index (χ3v) is 12.8. The van der Waals surface area contributed by atoms with Crippen molar-refractivity contribution in [3.63, 3.8) is 0 Å². The van der Waals surface area contributed by atoms with Gasteiger partial charge in [0.25, 0.3) is 0 Å². The van der Waals surface area contributed by atoms with Crippen LogP contribution in [0.3, 0.4) is 0 Å². The standard InChI is InChI=1S/C53H51N.C7H8.C2H6.C2H2/c1-37(35-44-16-10-9-13-38(44)2)19-20-39(3)40-21-28-46(29-22-40)54(47-30-23-42(24-31-47)41-14-7-6-8-15-41)48-32-25-43(26-33-48)45-27-34-50-49-17-11-12-18-51(49)53(4,5)52(50)36-45;1-7-5-3-2-4-6-7;2*1-2/h6-23,25-26,28-34,36,42,45H,24,27,35H2,1-5H3;2-6H,1H3;1-2H3;1-2H/b37-19-,39-20+;;;. The molecule has 0 aliphatic heterocycles. The van der Waals surface area contributed by atoms with E-state index in [-0.39, 0.29) is 5.41 Å². The number of hydrogen-bond donors (Lipinski definition) is 0. The topological polar surface area (TPSA) is 3.24 Å². The Kier molecular flexibility index (Phi) is 16.6. The Balaban J connectivity index is 0.000000570. The van der Waals surface area contributed by atoms with Crippen molar-refractivity contribution in [3.8, 4) is 12.8 Å². The van der Waals surface area contributed by atoms with E-state index in [1.165, 1.54) is 78.2 Å². The molecule has 0 N–H and O–H groups in total.